The van der Waals surface area contributed by atoms with E-state index in [9.17, 15) is 68.1 Å². The second-order valence-corrected chi connectivity index (χ2v) is 19.9. The molecule has 0 aliphatic carbocycles. The number of carboxylic acid groups (broad SMARTS) is 4. The first-order valence-corrected chi connectivity index (χ1v) is 28.7. The van der Waals surface area contributed by atoms with Crippen molar-refractivity contribution >= 4 is 65.1 Å². The van der Waals surface area contributed by atoms with Crippen LogP contribution in [0.2, 0.25) is 0 Å². The van der Waals surface area contributed by atoms with Crippen LogP contribution in [0.5, 0.6) is 0 Å². The molecule has 25 nitrogen and oxygen atoms in total. The summed E-state index contributed by atoms with van der Waals surface area (Å²) in [6, 6.07) is -4.04. The highest BCUT2D eigenvalue weighted by Crippen LogP contribution is 2.15. The third-order valence-corrected chi connectivity index (χ3v) is 12.9. The van der Waals surface area contributed by atoms with E-state index in [4.69, 9.17) is 24.1 Å². The molecular formula is C55H96N6O19. The predicted octanol–water partition coefficient (Wildman–Crippen LogP) is 3.95. The Labute approximate surface area is 471 Å². The Balaban J connectivity index is 3.93. The van der Waals surface area contributed by atoms with Gasteiger partial charge in [0.25, 0.3) is 0 Å². The van der Waals surface area contributed by atoms with Crippen molar-refractivity contribution in [3.8, 4) is 0 Å². The SMILES string of the molecule is CC(=O)[C@@H](C)CCCCNC(=O)CC[C@H](NC(=O)CC[C@H](NC(=O)COCCOCCNC(=O)COCCOCCNC(=O)CC[C@H](NC(=O)CCCCCCCCCCCCCCCCCCC(=O)O)C(=O)O)C(=O)O)C(=O)O. The number of Topliss-reactive ketones (excluding diaryl/α,β-unsaturated/α-hetero) is 1. The number of amides is 6. The quantitative estimate of drug-likeness (QED) is 0.0385. The molecule has 25 heteroatoms. The zero-order valence-corrected chi connectivity index (χ0v) is 47.6. The number of carboxylic acids is 4. The Morgan fingerprint density at radius 2 is 0.675 bits per heavy atom. The fourth-order valence-corrected chi connectivity index (χ4v) is 7.93. The first-order valence-electron chi connectivity index (χ1n) is 28.7. The number of aliphatic carboxylic acids is 4. The lowest BCUT2D eigenvalue weighted by Crippen LogP contribution is -2.45. The van der Waals surface area contributed by atoms with Crippen molar-refractivity contribution in [3.05, 3.63) is 0 Å². The number of unbranched alkanes of at least 4 members (excludes halogenated alkanes) is 16. The molecular weight excluding hydrogens is 1050 g/mol. The summed E-state index contributed by atoms with van der Waals surface area (Å²) < 4.78 is 21.2. The van der Waals surface area contributed by atoms with E-state index in [-0.39, 0.29) is 128 Å². The average molecular weight is 1150 g/mol. The molecule has 0 aromatic heterocycles. The third-order valence-electron chi connectivity index (χ3n) is 12.9. The smallest absolute Gasteiger partial charge is 0.326 e. The van der Waals surface area contributed by atoms with E-state index in [0.717, 1.165) is 51.4 Å². The molecule has 0 unspecified atom stereocenters. The van der Waals surface area contributed by atoms with Crippen molar-refractivity contribution < 1.29 is 92.1 Å². The number of ketones is 1. The van der Waals surface area contributed by atoms with Crippen LogP contribution in [0.25, 0.3) is 0 Å². The minimum atomic E-state index is -1.47. The molecule has 0 aromatic carbocycles. The first kappa shape index (κ1) is 74.2. The first-order chi connectivity index (χ1) is 38.3. The van der Waals surface area contributed by atoms with Gasteiger partial charge in [-0.15, -0.1) is 0 Å². The predicted molar refractivity (Wildman–Crippen MR) is 293 cm³/mol. The lowest BCUT2D eigenvalue weighted by atomic mass is 10.0. The van der Waals surface area contributed by atoms with Gasteiger partial charge in [-0.25, -0.2) is 14.4 Å². The number of rotatable bonds is 56. The van der Waals surface area contributed by atoms with E-state index in [1.165, 1.54) is 58.3 Å². The monoisotopic (exact) mass is 1140 g/mol. The Bertz CT molecular complexity index is 1810. The van der Waals surface area contributed by atoms with Crippen LogP contribution in [0.1, 0.15) is 187 Å². The van der Waals surface area contributed by atoms with Gasteiger partial charge in [0.2, 0.25) is 35.4 Å². The average Bonchev–Trinajstić information content (AvgIpc) is 3.40. The molecule has 10 N–H and O–H groups in total. The molecule has 0 saturated heterocycles. The summed E-state index contributed by atoms with van der Waals surface area (Å²) in [5.74, 6) is -7.81. The van der Waals surface area contributed by atoms with Crippen molar-refractivity contribution in [3.63, 3.8) is 0 Å². The largest absolute Gasteiger partial charge is 0.481 e. The minimum absolute atomic E-state index is 0.0396. The highest BCUT2D eigenvalue weighted by atomic mass is 16.5. The van der Waals surface area contributed by atoms with Gasteiger partial charge in [-0.3, -0.25) is 38.4 Å². The standard InChI is InChI=1S/C55H96N6O19/c1-41(42(2)62)21-19-20-30-56-46(63)27-24-44(54(73)74)60-49(66)29-26-45(55(75)76)61-51(68)40-80-38-36-78-34-32-58-50(67)39-79-37-35-77-33-31-57-47(64)28-25-43(53(71)72)59-48(65)22-17-15-13-11-9-7-5-3-4-6-8-10-12-14-16-18-23-52(69)70/h41,43-45H,3-40H2,1-2H3,(H,56,63)(H,57,64)(H,58,67)(H,59,65)(H,60,66)(H,61,68)(H,69,70)(H,71,72)(H,73,74)(H,75,76)/t41-,43-,44-,45-/m0/s1. The van der Waals surface area contributed by atoms with Crippen LogP contribution < -0.4 is 31.9 Å². The summed E-state index contributed by atoms with van der Waals surface area (Å²) in [6.45, 7) is 3.75. The molecule has 0 aliphatic heterocycles. The molecule has 0 aromatic rings. The van der Waals surface area contributed by atoms with E-state index in [1.807, 2.05) is 6.92 Å². The Hall–Kier alpha value is -5.79. The number of nitrogens with one attached hydrogen (secondary N) is 6. The summed E-state index contributed by atoms with van der Waals surface area (Å²) in [4.78, 5) is 131. The molecule has 0 spiro atoms. The fourth-order valence-electron chi connectivity index (χ4n) is 7.93. The number of hydrogen-bond acceptors (Lipinski definition) is 15. The van der Waals surface area contributed by atoms with Crippen molar-refractivity contribution in [2.45, 2.75) is 205 Å². The van der Waals surface area contributed by atoms with Crippen LogP contribution in [0.15, 0.2) is 0 Å². The number of ether oxygens (including phenoxy) is 4. The number of carbonyl (C=O) groups is 11. The van der Waals surface area contributed by atoms with Gasteiger partial charge in [-0.2, -0.15) is 0 Å². The minimum Gasteiger partial charge on any atom is -0.481 e. The van der Waals surface area contributed by atoms with Gasteiger partial charge in [0, 0.05) is 57.7 Å². The van der Waals surface area contributed by atoms with Crippen molar-refractivity contribution in [2.24, 2.45) is 5.92 Å². The number of carbonyl (C=O) groups excluding carboxylic acids is 7. The Morgan fingerprint density at radius 3 is 1.09 bits per heavy atom. The normalized spacial score (nSPS) is 12.5. The molecule has 4 atom stereocenters. The summed E-state index contributed by atoms with van der Waals surface area (Å²) in [7, 11) is 0. The number of hydrogen-bond donors (Lipinski definition) is 10. The van der Waals surface area contributed by atoms with Crippen molar-refractivity contribution in [2.75, 3.05) is 72.5 Å². The fraction of sp³-hybridized carbons (Fsp3) is 0.800. The second kappa shape index (κ2) is 50.2. The molecule has 0 heterocycles. The highest BCUT2D eigenvalue weighted by molar-refractivity contribution is 5.87. The van der Waals surface area contributed by atoms with Gasteiger partial charge >= 0.3 is 23.9 Å². The van der Waals surface area contributed by atoms with Crippen LogP contribution >= 0.6 is 0 Å². The van der Waals surface area contributed by atoms with E-state index < -0.39 is 78.7 Å². The molecule has 0 aliphatic rings. The van der Waals surface area contributed by atoms with Crippen LogP contribution in [0, 0.1) is 5.92 Å². The van der Waals surface area contributed by atoms with Gasteiger partial charge in [0.1, 0.15) is 37.1 Å². The Kier molecular flexibility index (Phi) is 46.6. The maximum Gasteiger partial charge on any atom is 0.326 e. The van der Waals surface area contributed by atoms with E-state index in [2.05, 4.69) is 31.9 Å². The van der Waals surface area contributed by atoms with Crippen LogP contribution in [0.3, 0.4) is 0 Å². The Morgan fingerprint density at radius 1 is 0.338 bits per heavy atom. The third kappa shape index (κ3) is 47.1. The maximum atomic E-state index is 12.5. The summed E-state index contributed by atoms with van der Waals surface area (Å²) in [6.07, 6.45) is 18.8. The summed E-state index contributed by atoms with van der Waals surface area (Å²) >= 11 is 0. The van der Waals surface area contributed by atoms with Gasteiger partial charge < -0.3 is 71.3 Å². The molecule has 460 valence electrons. The van der Waals surface area contributed by atoms with Gasteiger partial charge in [0.05, 0.1) is 39.6 Å². The van der Waals surface area contributed by atoms with E-state index >= 15 is 0 Å². The van der Waals surface area contributed by atoms with Crippen LogP contribution in [-0.2, 0) is 71.7 Å². The topological polar surface area (TPSA) is 378 Å². The molecule has 80 heavy (non-hydrogen) atoms. The van der Waals surface area contributed by atoms with Gasteiger partial charge in [0.15, 0.2) is 0 Å². The zero-order valence-electron chi connectivity index (χ0n) is 47.6. The molecule has 6 amide bonds. The van der Waals surface area contributed by atoms with Crippen molar-refractivity contribution in [1.82, 2.24) is 31.9 Å². The second-order valence-electron chi connectivity index (χ2n) is 19.9. The van der Waals surface area contributed by atoms with Gasteiger partial charge in [-0.05, 0) is 51.9 Å². The molecule has 0 saturated carbocycles. The van der Waals surface area contributed by atoms with E-state index in [1.54, 1.807) is 0 Å². The zero-order chi connectivity index (χ0) is 59.6. The van der Waals surface area contributed by atoms with Crippen LogP contribution in [-0.4, -0.2) is 176 Å². The van der Waals surface area contributed by atoms with Crippen LogP contribution in [0.4, 0.5) is 0 Å². The lowest BCUT2D eigenvalue weighted by Gasteiger charge is -2.17. The maximum absolute atomic E-state index is 12.5. The van der Waals surface area contributed by atoms with Crippen molar-refractivity contribution in [1.29, 1.82) is 0 Å². The molecule has 0 rings (SSSR count). The lowest BCUT2D eigenvalue weighted by molar-refractivity contribution is -0.144. The summed E-state index contributed by atoms with van der Waals surface area (Å²) in [5, 5.41) is 52.2. The molecule has 0 bridgehead atoms. The highest BCUT2D eigenvalue weighted by Gasteiger charge is 2.25. The molecule has 0 radical (unpaired) electrons. The van der Waals surface area contributed by atoms with Gasteiger partial charge in [-0.1, -0.05) is 103 Å². The molecule has 0 fully saturated rings. The van der Waals surface area contributed by atoms with E-state index in [0.29, 0.717) is 25.8 Å². The summed E-state index contributed by atoms with van der Waals surface area (Å²) in [5.41, 5.74) is 0.